The highest BCUT2D eigenvalue weighted by atomic mass is 19.1. The number of aromatic nitrogens is 3. The maximum Gasteiger partial charge on any atom is 0.169 e. The second-order valence-corrected chi connectivity index (χ2v) is 4.26. The molecule has 0 amide bonds. The largest absolute Gasteiger partial charge is 0.381 e. The minimum absolute atomic E-state index is 0.115. The van der Waals surface area contributed by atoms with Crippen LogP contribution in [0.15, 0.2) is 12.1 Å². The smallest absolute Gasteiger partial charge is 0.169 e. The topological polar surface area (TPSA) is 56.7 Å². The third-order valence-corrected chi connectivity index (χ3v) is 2.89. The van der Waals surface area contributed by atoms with Gasteiger partial charge in [0.25, 0.3) is 0 Å². The summed E-state index contributed by atoms with van der Waals surface area (Å²) in [6, 6.07) is 1.21. The summed E-state index contributed by atoms with van der Waals surface area (Å²) in [6.07, 6.45) is 1.75. The molecule has 2 aromatic rings. The van der Waals surface area contributed by atoms with Crippen molar-refractivity contribution >= 4 is 5.82 Å². The summed E-state index contributed by atoms with van der Waals surface area (Å²) in [5, 5.41) is 7.26. The van der Waals surface area contributed by atoms with Crippen molar-refractivity contribution in [3.63, 3.8) is 0 Å². The van der Waals surface area contributed by atoms with Gasteiger partial charge < -0.3 is 5.73 Å². The molecule has 94 valence electrons. The number of hydrogen-bond donors (Lipinski definition) is 1. The molecule has 0 atom stereocenters. The van der Waals surface area contributed by atoms with Gasteiger partial charge in [-0.2, -0.15) is 0 Å². The lowest BCUT2D eigenvalue weighted by atomic mass is 10.2. The molecule has 0 bridgehead atoms. The number of anilines is 1. The van der Waals surface area contributed by atoms with Crippen molar-refractivity contribution in [3.8, 4) is 5.69 Å². The normalized spacial score (nSPS) is 15.1. The molecule has 18 heavy (non-hydrogen) atoms. The summed E-state index contributed by atoms with van der Waals surface area (Å²) in [4.78, 5) is 0. The van der Waals surface area contributed by atoms with Crippen LogP contribution in [0.4, 0.5) is 19.0 Å². The van der Waals surface area contributed by atoms with E-state index in [1.165, 1.54) is 0 Å². The predicted octanol–water partition coefficient (Wildman–Crippen LogP) is 2.14. The molecular formula is C11H9F3N4. The summed E-state index contributed by atoms with van der Waals surface area (Å²) in [6.45, 7) is 0. The summed E-state index contributed by atoms with van der Waals surface area (Å²) >= 11 is 0. The fourth-order valence-electron chi connectivity index (χ4n) is 1.94. The first-order valence-electron chi connectivity index (χ1n) is 5.44. The lowest BCUT2D eigenvalue weighted by Crippen LogP contribution is -2.08. The summed E-state index contributed by atoms with van der Waals surface area (Å²) in [5.74, 6) is -2.77. The Morgan fingerprint density at radius 3 is 2.33 bits per heavy atom. The summed E-state index contributed by atoms with van der Waals surface area (Å²) in [5.41, 5.74) is 5.68. The van der Waals surface area contributed by atoms with Gasteiger partial charge in [0, 0.05) is 18.1 Å². The van der Waals surface area contributed by atoms with Gasteiger partial charge >= 0.3 is 0 Å². The Morgan fingerprint density at radius 1 is 1.17 bits per heavy atom. The first kappa shape index (κ1) is 11.1. The van der Waals surface area contributed by atoms with E-state index in [1.807, 2.05) is 0 Å². The van der Waals surface area contributed by atoms with Crippen molar-refractivity contribution in [2.75, 3.05) is 5.73 Å². The number of benzene rings is 1. The molecule has 0 radical (unpaired) electrons. The zero-order chi connectivity index (χ0) is 12.9. The van der Waals surface area contributed by atoms with Crippen LogP contribution in [0.1, 0.15) is 24.5 Å². The van der Waals surface area contributed by atoms with Crippen LogP contribution in [0, 0.1) is 17.5 Å². The molecule has 3 rings (SSSR count). The zero-order valence-corrected chi connectivity index (χ0v) is 9.20. The molecule has 1 fully saturated rings. The quantitative estimate of drug-likeness (QED) is 0.893. The third-order valence-electron chi connectivity index (χ3n) is 2.89. The van der Waals surface area contributed by atoms with E-state index in [-0.39, 0.29) is 11.7 Å². The lowest BCUT2D eigenvalue weighted by Gasteiger charge is -2.08. The average molecular weight is 254 g/mol. The number of nitrogens with zero attached hydrogens (tertiary/aromatic N) is 3. The van der Waals surface area contributed by atoms with E-state index in [0.29, 0.717) is 17.8 Å². The highest BCUT2D eigenvalue weighted by Crippen LogP contribution is 2.43. The van der Waals surface area contributed by atoms with Gasteiger partial charge in [-0.3, -0.25) is 0 Å². The molecule has 1 aromatic carbocycles. The van der Waals surface area contributed by atoms with Crippen LogP contribution in [0.3, 0.4) is 0 Å². The van der Waals surface area contributed by atoms with Crippen LogP contribution in [-0.2, 0) is 0 Å². The monoisotopic (exact) mass is 254 g/mol. The third kappa shape index (κ3) is 1.62. The Kier molecular flexibility index (Phi) is 2.29. The number of rotatable bonds is 2. The molecule has 4 nitrogen and oxygen atoms in total. The first-order valence-corrected chi connectivity index (χ1v) is 5.44. The summed E-state index contributed by atoms with van der Waals surface area (Å²) in [7, 11) is 0. The SMILES string of the molecule is Nc1nnn(-c2c(F)cc(F)cc2F)c1C1CC1. The molecule has 2 N–H and O–H groups in total. The summed E-state index contributed by atoms with van der Waals surface area (Å²) < 4.78 is 41.2. The van der Waals surface area contributed by atoms with Crippen molar-refractivity contribution in [2.24, 2.45) is 0 Å². The zero-order valence-electron chi connectivity index (χ0n) is 9.20. The van der Waals surface area contributed by atoms with E-state index in [0.717, 1.165) is 17.5 Å². The Bertz CT molecular complexity index is 596. The second-order valence-electron chi connectivity index (χ2n) is 4.26. The second kappa shape index (κ2) is 3.72. The van der Waals surface area contributed by atoms with Crippen molar-refractivity contribution < 1.29 is 13.2 Å². The molecule has 1 aliphatic rings. The van der Waals surface area contributed by atoms with Gasteiger partial charge in [0.1, 0.15) is 11.5 Å². The van der Waals surface area contributed by atoms with Crippen LogP contribution < -0.4 is 5.73 Å². The average Bonchev–Trinajstić information content (AvgIpc) is 3.03. The van der Waals surface area contributed by atoms with Crippen molar-refractivity contribution in [1.82, 2.24) is 15.0 Å². The van der Waals surface area contributed by atoms with E-state index < -0.39 is 23.1 Å². The van der Waals surface area contributed by atoms with E-state index in [1.54, 1.807) is 0 Å². The van der Waals surface area contributed by atoms with Gasteiger partial charge in [-0.1, -0.05) is 5.21 Å². The number of halogens is 3. The van der Waals surface area contributed by atoms with Gasteiger partial charge in [-0.05, 0) is 12.8 Å². The molecule has 0 spiro atoms. The van der Waals surface area contributed by atoms with Crippen LogP contribution in [0.25, 0.3) is 5.69 Å². The maximum absolute atomic E-state index is 13.7. The van der Waals surface area contributed by atoms with E-state index >= 15 is 0 Å². The van der Waals surface area contributed by atoms with Gasteiger partial charge in [0.15, 0.2) is 17.5 Å². The predicted molar refractivity (Wildman–Crippen MR) is 57.6 cm³/mol. The van der Waals surface area contributed by atoms with Crippen LogP contribution >= 0.6 is 0 Å². The molecule has 0 saturated heterocycles. The molecule has 1 aliphatic carbocycles. The number of hydrogen-bond acceptors (Lipinski definition) is 3. The van der Waals surface area contributed by atoms with Gasteiger partial charge in [0.2, 0.25) is 0 Å². The molecule has 0 unspecified atom stereocenters. The Balaban J connectivity index is 2.21. The Morgan fingerprint density at radius 2 is 1.78 bits per heavy atom. The number of nitrogens with two attached hydrogens (primary N) is 1. The lowest BCUT2D eigenvalue weighted by molar-refractivity contribution is 0.523. The molecule has 1 heterocycles. The van der Waals surface area contributed by atoms with E-state index in [9.17, 15) is 13.2 Å². The minimum Gasteiger partial charge on any atom is -0.381 e. The van der Waals surface area contributed by atoms with Crippen LogP contribution in [0.2, 0.25) is 0 Å². The fourth-order valence-corrected chi connectivity index (χ4v) is 1.94. The van der Waals surface area contributed by atoms with E-state index in [4.69, 9.17) is 5.73 Å². The molecule has 0 aliphatic heterocycles. The molecular weight excluding hydrogens is 245 g/mol. The van der Waals surface area contributed by atoms with E-state index in [2.05, 4.69) is 10.3 Å². The maximum atomic E-state index is 13.7. The van der Waals surface area contributed by atoms with Crippen molar-refractivity contribution in [1.29, 1.82) is 0 Å². The van der Waals surface area contributed by atoms with Crippen LogP contribution in [-0.4, -0.2) is 15.0 Å². The minimum atomic E-state index is -1.03. The molecule has 7 heteroatoms. The Hall–Kier alpha value is -2.05. The highest BCUT2D eigenvalue weighted by Gasteiger charge is 2.32. The Labute approximate surface area is 100 Å². The van der Waals surface area contributed by atoms with Crippen molar-refractivity contribution in [2.45, 2.75) is 18.8 Å². The standard InChI is InChI=1S/C11H9F3N4/c12-6-3-7(13)10(8(14)4-6)18-9(5-1-2-5)11(15)16-17-18/h3-5H,1-2,15H2. The van der Waals surface area contributed by atoms with Gasteiger partial charge in [-0.15, -0.1) is 5.10 Å². The van der Waals surface area contributed by atoms with Gasteiger partial charge in [-0.25, -0.2) is 17.9 Å². The number of nitrogen functional groups attached to an aromatic ring is 1. The highest BCUT2D eigenvalue weighted by molar-refractivity contribution is 5.45. The molecule has 1 aromatic heterocycles. The fraction of sp³-hybridized carbons (Fsp3) is 0.273. The molecule has 1 saturated carbocycles. The first-order chi connectivity index (χ1) is 8.58. The van der Waals surface area contributed by atoms with Crippen molar-refractivity contribution in [3.05, 3.63) is 35.3 Å². The van der Waals surface area contributed by atoms with Gasteiger partial charge in [0.05, 0.1) is 5.69 Å². The van der Waals surface area contributed by atoms with Crippen LogP contribution in [0.5, 0.6) is 0 Å².